The monoisotopic (exact) mass is 391 g/mol. The highest BCUT2D eigenvalue weighted by atomic mass is 31.2. The van der Waals surface area contributed by atoms with Crippen LogP contribution in [0.4, 0.5) is 0 Å². The standard InChI is InChI=1S/C13H18N3O9P/c1-9(17)23-16(2)12(14)15-26(20,21)25-24-13(19)22-11(18)8-10-6-4-3-5-7-10/h3-7,13,19H,8H2,1-2H3,(H3,14,15,20,21). The number of hydrogen-bond acceptors (Lipinski definition) is 8. The molecular weight excluding hydrogens is 373 g/mol. The number of aliphatic hydroxyl groups excluding tert-OH is 1. The quantitative estimate of drug-likeness (QED) is 0.107. The average molecular weight is 391 g/mol. The van der Waals surface area contributed by atoms with Gasteiger partial charge in [0.1, 0.15) is 0 Å². The summed E-state index contributed by atoms with van der Waals surface area (Å²) in [5, 5.41) is 9.94. The third-order valence-electron chi connectivity index (χ3n) is 2.46. The average Bonchev–Trinajstić information content (AvgIpc) is 2.53. The second kappa shape index (κ2) is 9.85. The Morgan fingerprint density at radius 1 is 1.35 bits per heavy atom. The maximum Gasteiger partial charge on any atom is 0.481 e. The van der Waals surface area contributed by atoms with Crippen molar-refractivity contribution in [3.05, 3.63) is 35.9 Å². The molecule has 13 heteroatoms. The number of carbonyl (C=O) groups is 2. The molecule has 0 fully saturated rings. The Balaban J connectivity index is 2.49. The van der Waals surface area contributed by atoms with E-state index in [1.165, 1.54) is 0 Å². The number of rotatable bonds is 7. The van der Waals surface area contributed by atoms with Gasteiger partial charge < -0.3 is 25.3 Å². The fourth-order valence-electron chi connectivity index (χ4n) is 1.48. The summed E-state index contributed by atoms with van der Waals surface area (Å²) in [5.41, 5.74) is 5.92. The molecule has 2 atom stereocenters. The molecule has 26 heavy (non-hydrogen) atoms. The molecule has 0 aromatic heterocycles. The van der Waals surface area contributed by atoms with Gasteiger partial charge in [-0.3, -0.25) is 9.59 Å². The number of hydrogen-bond donors (Lipinski definition) is 3. The van der Waals surface area contributed by atoms with E-state index >= 15 is 0 Å². The van der Waals surface area contributed by atoms with Crippen molar-refractivity contribution in [1.29, 1.82) is 0 Å². The highest BCUT2D eigenvalue weighted by molar-refractivity contribution is 7.51. The van der Waals surface area contributed by atoms with E-state index in [0.717, 1.165) is 14.0 Å². The topological polar surface area (TPSA) is 170 Å². The largest absolute Gasteiger partial charge is 0.481 e. The van der Waals surface area contributed by atoms with Gasteiger partial charge in [0.2, 0.25) is 5.96 Å². The van der Waals surface area contributed by atoms with E-state index in [4.69, 9.17) is 5.73 Å². The number of nitrogens with zero attached hydrogens (tertiary/aromatic N) is 2. The molecule has 1 aromatic rings. The van der Waals surface area contributed by atoms with Gasteiger partial charge in [-0.15, -0.1) is 9.44 Å². The summed E-state index contributed by atoms with van der Waals surface area (Å²) in [6.45, 7) is -1.21. The lowest BCUT2D eigenvalue weighted by Crippen LogP contribution is -2.35. The zero-order valence-corrected chi connectivity index (χ0v) is 14.7. The molecule has 4 N–H and O–H groups in total. The minimum Gasteiger partial charge on any atom is -0.408 e. The van der Waals surface area contributed by atoms with Crippen LogP contribution in [-0.2, 0) is 39.7 Å². The molecule has 0 amide bonds. The van der Waals surface area contributed by atoms with E-state index in [1.54, 1.807) is 30.3 Å². The first-order valence-electron chi connectivity index (χ1n) is 6.96. The Hall–Kier alpha value is -2.50. The molecule has 0 heterocycles. The van der Waals surface area contributed by atoms with Gasteiger partial charge in [0.25, 0.3) is 0 Å². The van der Waals surface area contributed by atoms with Crippen molar-refractivity contribution in [1.82, 2.24) is 5.06 Å². The lowest BCUT2D eigenvalue weighted by Gasteiger charge is -2.17. The van der Waals surface area contributed by atoms with Crippen LogP contribution in [0.1, 0.15) is 12.5 Å². The lowest BCUT2D eigenvalue weighted by atomic mass is 10.2. The van der Waals surface area contributed by atoms with Crippen molar-refractivity contribution in [2.75, 3.05) is 7.05 Å². The fraction of sp³-hybridized carbons (Fsp3) is 0.308. The molecule has 0 aliphatic carbocycles. The van der Waals surface area contributed by atoms with Gasteiger partial charge in [-0.2, -0.15) is 9.95 Å². The minimum atomic E-state index is -4.85. The van der Waals surface area contributed by atoms with Crippen LogP contribution in [0.3, 0.4) is 0 Å². The molecule has 0 aliphatic heterocycles. The van der Waals surface area contributed by atoms with Crippen molar-refractivity contribution in [3.63, 3.8) is 0 Å². The zero-order chi connectivity index (χ0) is 19.7. The fourth-order valence-corrected chi connectivity index (χ4v) is 2.08. The van der Waals surface area contributed by atoms with Crippen LogP contribution in [-0.4, -0.2) is 46.5 Å². The van der Waals surface area contributed by atoms with E-state index in [1.807, 2.05) is 0 Å². The highest BCUT2D eigenvalue weighted by Crippen LogP contribution is 2.44. The van der Waals surface area contributed by atoms with Crippen LogP contribution in [0.15, 0.2) is 35.1 Å². The molecular formula is C13H18N3O9P. The van der Waals surface area contributed by atoms with Gasteiger partial charge in [0.05, 0.1) is 6.42 Å². The first kappa shape index (κ1) is 21.5. The molecule has 1 rings (SSSR count). The number of guanidine groups is 1. The van der Waals surface area contributed by atoms with Gasteiger partial charge in [0, 0.05) is 14.0 Å². The lowest BCUT2D eigenvalue weighted by molar-refractivity contribution is -0.381. The first-order chi connectivity index (χ1) is 12.1. The van der Waals surface area contributed by atoms with Crippen LogP contribution in [0.2, 0.25) is 0 Å². The number of hydroxylamine groups is 2. The number of ether oxygens (including phenoxy) is 1. The maximum atomic E-state index is 11.6. The summed E-state index contributed by atoms with van der Waals surface area (Å²) >= 11 is 0. The van der Waals surface area contributed by atoms with Gasteiger partial charge >= 0.3 is 26.2 Å². The second-order valence-corrected chi connectivity index (χ2v) is 5.99. The molecule has 0 saturated carbocycles. The molecule has 0 spiro atoms. The van der Waals surface area contributed by atoms with Crippen molar-refractivity contribution >= 4 is 25.6 Å². The second-order valence-electron chi connectivity index (χ2n) is 4.66. The van der Waals surface area contributed by atoms with Crippen LogP contribution < -0.4 is 5.73 Å². The number of esters is 1. The third kappa shape index (κ3) is 8.55. The Bertz CT molecular complexity index is 697. The summed E-state index contributed by atoms with van der Waals surface area (Å²) in [6, 6.07) is 8.48. The molecule has 0 bridgehead atoms. The molecule has 0 saturated heterocycles. The van der Waals surface area contributed by atoms with Crippen LogP contribution in [0, 0.1) is 0 Å². The molecule has 1 aromatic carbocycles. The van der Waals surface area contributed by atoms with Crippen molar-refractivity contribution in [3.8, 4) is 0 Å². The minimum absolute atomic E-state index is 0.170. The Morgan fingerprint density at radius 2 is 1.96 bits per heavy atom. The molecule has 144 valence electrons. The van der Waals surface area contributed by atoms with Crippen LogP contribution in [0.25, 0.3) is 0 Å². The van der Waals surface area contributed by atoms with E-state index in [9.17, 15) is 24.2 Å². The Kier molecular flexibility index (Phi) is 8.16. The van der Waals surface area contributed by atoms with Gasteiger partial charge in [-0.25, -0.2) is 4.57 Å². The van der Waals surface area contributed by atoms with Crippen molar-refractivity contribution in [2.24, 2.45) is 10.5 Å². The molecule has 0 radical (unpaired) electrons. The van der Waals surface area contributed by atoms with Crippen molar-refractivity contribution < 1.29 is 43.3 Å². The predicted molar refractivity (Wildman–Crippen MR) is 85.4 cm³/mol. The number of nitrogens with two attached hydrogens (primary N) is 1. The van der Waals surface area contributed by atoms with Crippen LogP contribution in [0.5, 0.6) is 0 Å². The van der Waals surface area contributed by atoms with E-state index in [-0.39, 0.29) is 6.42 Å². The summed E-state index contributed by atoms with van der Waals surface area (Å²) in [4.78, 5) is 40.3. The number of aliphatic hydroxyl groups is 1. The summed E-state index contributed by atoms with van der Waals surface area (Å²) in [5.74, 6) is -2.32. The smallest absolute Gasteiger partial charge is 0.408 e. The normalized spacial score (nSPS) is 14.8. The van der Waals surface area contributed by atoms with Gasteiger partial charge in [-0.05, 0) is 5.56 Å². The zero-order valence-electron chi connectivity index (χ0n) is 13.8. The first-order valence-corrected chi connectivity index (χ1v) is 8.49. The summed E-state index contributed by atoms with van der Waals surface area (Å²) in [7, 11) is -3.71. The molecule has 2 unspecified atom stereocenters. The van der Waals surface area contributed by atoms with Crippen molar-refractivity contribution in [2.45, 2.75) is 19.8 Å². The summed E-state index contributed by atoms with van der Waals surface area (Å²) < 4.78 is 23.1. The summed E-state index contributed by atoms with van der Waals surface area (Å²) in [6.07, 6.45) is -0.170. The van der Waals surface area contributed by atoms with Gasteiger partial charge in [-0.1, -0.05) is 30.3 Å². The van der Waals surface area contributed by atoms with E-state index in [2.05, 4.69) is 23.9 Å². The van der Waals surface area contributed by atoms with Gasteiger partial charge in [0.15, 0.2) is 0 Å². The highest BCUT2D eigenvalue weighted by Gasteiger charge is 2.25. The van der Waals surface area contributed by atoms with Crippen LogP contribution >= 0.6 is 7.75 Å². The maximum absolute atomic E-state index is 11.6. The number of carbonyl (C=O) groups excluding carboxylic acids is 2. The molecule has 12 nitrogen and oxygen atoms in total. The SMILES string of the molecule is CC(=O)ON(C)/C(N)=N/P(=O)(O)OOC(O)OC(=O)Cc1ccccc1. The predicted octanol–water partition coefficient (Wildman–Crippen LogP) is -0.179. The van der Waals surface area contributed by atoms with E-state index < -0.39 is 32.1 Å². The van der Waals surface area contributed by atoms with E-state index in [0.29, 0.717) is 10.6 Å². The molecule has 0 aliphatic rings. The third-order valence-corrected chi connectivity index (χ3v) is 3.20. The Labute approximate surface area is 148 Å². The Morgan fingerprint density at radius 3 is 2.54 bits per heavy atom. The number of benzene rings is 1.